The molecule has 7 nitrogen and oxygen atoms in total. The van der Waals surface area contributed by atoms with E-state index in [-0.39, 0.29) is 11.7 Å². The predicted molar refractivity (Wildman–Crippen MR) is 113 cm³/mol. The third-order valence-corrected chi connectivity index (χ3v) is 6.40. The van der Waals surface area contributed by atoms with Crippen LogP contribution in [0.3, 0.4) is 0 Å². The normalized spacial score (nSPS) is 12.4. The molecule has 0 N–H and O–H groups in total. The number of hydrogen-bond donors (Lipinski definition) is 0. The second-order valence-electron chi connectivity index (χ2n) is 6.04. The second kappa shape index (κ2) is 8.06. The van der Waals surface area contributed by atoms with E-state index in [4.69, 9.17) is 4.74 Å². The summed E-state index contributed by atoms with van der Waals surface area (Å²) in [6.45, 7) is 1.94. The largest absolute Gasteiger partial charge is 0.483 e. The minimum Gasteiger partial charge on any atom is -0.483 e. The van der Waals surface area contributed by atoms with Gasteiger partial charge < -0.3 is 9.30 Å². The van der Waals surface area contributed by atoms with Crippen LogP contribution < -0.4 is 10.3 Å². The Morgan fingerprint density at radius 1 is 1.29 bits per heavy atom. The Kier molecular flexibility index (Phi) is 5.51. The van der Waals surface area contributed by atoms with Crippen LogP contribution in [0.5, 0.6) is 5.75 Å². The standard InChI is InChI=1S/C18H16BrN5O2S2/c1-11(26-14-5-3-12(19)4-6-14)16-21-22-18(23(16)2)28-10-13-9-15(25)24-7-8-27-17(24)20-13/h3-9,11H,10H2,1-2H3. The summed E-state index contributed by atoms with van der Waals surface area (Å²) in [6, 6.07) is 9.22. The summed E-state index contributed by atoms with van der Waals surface area (Å²) in [5, 5.41) is 11.1. The van der Waals surface area contributed by atoms with E-state index in [9.17, 15) is 4.79 Å². The SMILES string of the molecule is CC(Oc1ccc(Br)cc1)c1nnc(SCc2cc(=O)n3ccsc3n2)n1C. The number of nitrogens with zero attached hydrogens (tertiary/aromatic N) is 5. The number of benzene rings is 1. The van der Waals surface area contributed by atoms with Crippen molar-refractivity contribution < 1.29 is 4.74 Å². The zero-order chi connectivity index (χ0) is 19.7. The first-order chi connectivity index (χ1) is 13.5. The molecule has 0 fully saturated rings. The molecule has 0 saturated heterocycles. The summed E-state index contributed by atoms with van der Waals surface area (Å²) in [5.74, 6) is 2.03. The van der Waals surface area contributed by atoms with E-state index in [2.05, 4.69) is 31.1 Å². The van der Waals surface area contributed by atoms with Crippen molar-refractivity contribution in [2.24, 2.45) is 7.05 Å². The van der Waals surface area contributed by atoms with Gasteiger partial charge in [-0.05, 0) is 31.2 Å². The Bertz CT molecular complexity index is 1170. The highest BCUT2D eigenvalue weighted by Crippen LogP contribution is 2.26. The molecule has 3 heterocycles. The van der Waals surface area contributed by atoms with Gasteiger partial charge in [-0.15, -0.1) is 21.5 Å². The molecule has 0 aliphatic carbocycles. The van der Waals surface area contributed by atoms with E-state index in [0.29, 0.717) is 10.7 Å². The number of halogens is 1. The Morgan fingerprint density at radius 2 is 2.07 bits per heavy atom. The van der Waals surface area contributed by atoms with E-state index < -0.39 is 0 Å². The molecule has 0 amide bonds. The fourth-order valence-electron chi connectivity index (χ4n) is 2.68. The molecule has 144 valence electrons. The van der Waals surface area contributed by atoms with Gasteiger partial charge in [0, 0.05) is 34.9 Å². The molecule has 0 spiro atoms. The molecular weight excluding hydrogens is 462 g/mol. The molecule has 3 aromatic heterocycles. The molecule has 4 rings (SSSR count). The first-order valence-corrected chi connectivity index (χ1v) is 11.1. The van der Waals surface area contributed by atoms with Gasteiger partial charge in [-0.1, -0.05) is 27.7 Å². The van der Waals surface area contributed by atoms with Crippen LogP contribution >= 0.6 is 39.0 Å². The fourth-order valence-corrected chi connectivity index (χ4v) is 4.49. The van der Waals surface area contributed by atoms with Crippen molar-refractivity contribution >= 4 is 44.0 Å². The van der Waals surface area contributed by atoms with Crippen LogP contribution in [-0.4, -0.2) is 24.1 Å². The molecule has 0 aliphatic heterocycles. The van der Waals surface area contributed by atoms with Gasteiger partial charge in [-0.2, -0.15) is 0 Å². The Morgan fingerprint density at radius 3 is 2.86 bits per heavy atom. The van der Waals surface area contributed by atoms with Gasteiger partial charge >= 0.3 is 0 Å². The van der Waals surface area contributed by atoms with Crippen LogP contribution in [0.25, 0.3) is 4.96 Å². The van der Waals surface area contributed by atoms with Gasteiger partial charge in [-0.3, -0.25) is 9.20 Å². The van der Waals surface area contributed by atoms with Crippen molar-refractivity contribution in [3.05, 3.63) is 68.3 Å². The van der Waals surface area contributed by atoms with Crippen molar-refractivity contribution in [3.8, 4) is 5.75 Å². The summed E-state index contributed by atoms with van der Waals surface area (Å²) in [6.07, 6.45) is 1.48. The third-order valence-electron chi connectivity index (χ3n) is 4.06. The number of ether oxygens (including phenoxy) is 1. The zero-order valence-electron chi connectivity index (χ0n) is 15.1. The van der Waals surface area contributed by atoms with Crippen LogP contribution in [-0.2, 0) is 12.8 Å². The molecule has 1 aromatic carbocycles. The highest BCUT2D eigenvalue weighted by molar-refractivity contribution is 9.10. The molecule has 1 unspecified atom stereocenters. The lowest BCUT2D eigenvalue weighted by Crippen LogP contribution is -2.12. The van der Waals surface area contributed by atoms with Gasteiger partial charge in [0.2, 0.25) is 0 Å². The summed E-state index contributed by atoms with van der Waals surface area (Å²) in [4.78, 5) is 17.3. The Hall–Kier alpha value is -2.17. The molecule has 0 bridgehead atoms. The smallest absolute Gasteiger partial charge is 0.258 e. The lowest BCUT2D eigenvalue weighted by molar-refractivity contribution is 0.211. The Balaban J connectivity index is 1.46. The van der Waals surface area contributed by atoms with E-state index in [1.54, 1.807) is 16.7 Å². The number of thiazole rings is 1. The topological polar surface area (TPSA) is 74.3 Å². The van der Waals surface area contributed by atoms with Crippen LogP contribution in [0.4, 0.5) is 0 Å². The van der Waals surface area contributed by atoms with E-state index in [1.165, 1.54) is 23.1 Å². The number of rotatable bonds is 6. The Labute approximate surface area is 177 Å². The maximum atomic E-state index is 12.1. The van der Waals surface area contributed by atoms with Crippen molar-refractivity contribution in [1.29, 1.82) is 0 Å². The number of thioether (sulfide) groups is 1. The van der Waals surface area contributed by atoms with Gasteiger partial charge in [0.05, 0.1) is 5.69 Å². The summed E-state index contributed by atoms with van der Waals surface area (Å²) in [7, 11) is 1.91. The molecule has 0 saturated carbocycles. The molecule has 0 aliphatic rings. The molecule has 10 heteroatoms. The molecule has 0 radical (unpaired) electrons. The lowest BCUT2D eigenvalue weighted by atomic mass is 10.3. The monoisotopic (exact) mass is 477 g/mol. The molecule has 1 atom stereocenters. The zero-order valence-corrected chi connectivity index (χ0v) is 18.3. The minimum atomic E-state index is -0.252. The fraction of sp³-hybridized carbons (Fsp3) is 0.222. The van der Waals surface area contributed by atoms with Crippen molar-refractivity contribution in [3.63, 3.8) is 0 Å². The quantitative estimate of drug-likeness (QED) is 0.389. The molecular formula is C18H16BrN5O2S2. The maximum Gasteiger partial charge on any atom is 0.258 e. The van der Waals surface area contributed by atoms with Gasteiger partial charge in [0.1, 0.15) is 5.75 Å². The lowest BCUT2D eigenvalue weighted by Gasteiger charge is -2.14. The summed E-state index contributed by atoms with van der Waals surface area (Å²) >= 11 is 6.34. The van der Waals surface area contributed by atoms with Crippen LogP contribution in [0.2, 0.25) is 0 Å². The van der Waals surface area contributed by atoms with E-state index >= 15 is 0 Å². The van der Waals surface area contributed by atoms with Gasteiger partial charge in [-0.25, -0.2) is 4.98 Å². The van der Waals surface area contributed by atoms with E-state index in [0.717, 1.165) is 26.9 Å². The number of fused-ring (bicyclic) bond motifs is 1. The molecule has 28 heavy (non-hydrogen) atoms. The number of aromatic nitrogens is 5. The highest BCUT2D eigenvalue weighted by Gasteiger charge is 2.17. The first kappa shape index (κ1) is 19.2. The highest BCUT2D eigenvalue weighted by atomic mass is 79.9. The summed E-state index contributed by atoms with van der Waals surface area (Å²) in [5.41, 5.74) is 0.651. The van der Waals surface area contributed by atoms with Crippen LogP contribution in [0, 0.1) is 0 Å². The third kappa shape index (κ3) is 3.98. The van der Waals surface area contributed by atoms with Crippen LogP contribution in [0.1, 0.15) is 24.5 Å². The predicted octanol–water partition coefficient (Wildman–Crippen LogP) is 4.08. The average molecular weight is 478 g/mol. The molecule has 4 aromatic rings. The first-order valence-electron chi connectivity index (χ1n) is 8.41. The van der Waals surface area contributed by atoms with E-state index in [1.807, 2.05) is 48.2 Å². The summed E-state index contributed by atoms with van der Waals surface area (Å²) < 4.78 is 10.4. The van der Waals surface area contributed by atoms with Gasteiger partial charge in [0.25, 0.3) is 5.56 Å². The van der Waals surface area contributed by atoms with Gasteiger partial charge in [0.15, 0.2) is 22.0 Å². The number of hydrogen-bond acceptors (Lipinski definition) is 7. The van der Waals surface area contributed by atoms with Crippen molar-refractivity contribution in [2.45, 2.75) is 23.9 Å². The maximum absolute atomic E-state index is 12.1. The van der Waals surface area contributed by atoms with Crippen molar-refractivity contribution in [1.82, 2.24) is 24.1 Å². The second-order valence-corrected chi connectivity index (χ2v) is 8.77. The van der Waals surface area contributed by atoms with Crippen LogP contribution in [0.15, 0.2) is 56.3 Å². The van der Waals surface area contributed by atoms with Crippen molar-refractivity contribution in [2.75, 3.05) is 0 Å². The minimum absolute atomic E-state index is 0.0722. The average Bonchev–Trinajstić information content (AvgIpc) is 3.29.